The van der Waals surface area contributed by atoms with Gasteiger partial charge in [0.2, 0.25) is 4.96 Å². The fourth-order valence-corrected chi connectivity index (χ4v) is 4.31. The van der Waals surface area contributed by atoms with Gasteiger partial charge in [-0.3, -0.25) is 4.79 Å². The van der Waals surface area contributed by atoms with Gasteiger partial charge in [0.1, 0.15) is 5.01 Å². The monoisotopic (exact) mass is 388 g/mol. The largest absolute Gasteiger partial charge is 0.461 e. The minimum Gasteiger partial charge on any atom is -0.461 e. The molecule has 0 aliphatic carbocycles. The predicted molar refractivity (Wildman–Crippen MR) is 99.4 cm³/mol. The highest BCUT2D eigenvalue weighted by Crippen LogP contribution is 2.25. The molecule has 0 bridgehead atoms. The molecule has 134 valence electrons. The van der Waals surface area contributed by atoms with Crippen LogP contribution in [0.5, 0.6) is 0 Å². The molecule has 10 heteroatoms. The molecule has 26 heavy (non-hydrogen) atoms. The van der Waals surface area contributed by atoms with Crippen LogP contribution in [0.2, 0.25) is 0 Å². The molecular weight excluding hydrogens is 372 g/mol. The van der Waals surface area contributed by atoms with E-state index in [1.807, 2.05) is 23.7 Å². The molecule has 0 fully saturated rings. The maximum absolute atomic E-state index is 12.3. The number of aromatic nitrogens is 6. The molecule has 0 radical (unpaired) electrons. The molecule has 0 aromatic carbocycles. The van der Waals surface area contributed by atoms with E-state index in [2.05, 4.69) is 27.2 Å². The van der Waals surface area contributed by atoms with E-state index >= 15 is 0 Å². The van der Waals surface area contributed by atoms with Gasteiger partial charge in [-0.15, -0.1) is 10.2 Å². The van der Waals surface area contributed by atoms with Crippen molar-refractivity contribution < 1.29 is 4.42 Å². The van der Waals surface area contributed by atoms with Crippen molar-refractivity contribution in [2.75, 3.05) is 0 Å². The summed E-state index contributed by atoms with van der Waals surface area (Å²) in [5.74, 6) is 1.85. The molecule has 4 aromatic heterocycles. The van der Waals surface area contributed by atoms with Crippen molar-refractivity contribution >= 4 is 28.1 Å². The van der Waals surface area contributed by atoms with Gasteiger partial charge in [0, 0.05) is 25.3 Å². The molecule has 4 rings (SSSR count). The Kier molecular flexibility index (Phi) is 4.60. The molecule has 0 amide bonds. The van der Waals surface area contributed by atoms with E-state index in [4.69, 9.17) is 4.42 Å². The molecule has 4 aromatic rings. The van der Waals surface area contributed by atoms with Gasteiger partial charge in [-0.2, -0.15) is 9.61 Å². The fourth-order valence-electron chi connectivity index (χ4n) is 2.48. The molecule has 0 aliphatic heterocycles. The van der Waals surface area contributed by atoms with Crippen molar-refractivity contribution in [2.45, 2.75) is 30.7 Å². The van der Waals surface area contributed by atoms with Crippen LogP contribution in [0, 0.1) is 0 Å². The lowest BCUT2D eigenvalue weighted by molar-refractivity contribution is 0.572. The van der Waals surface area contributed by atoms with Crippen LogP contribution in [0.15, 0.2) is 38.8 Å². The minimum absolute atomic E-state index is 0.154. The van der Waals surface area contributed by atoms with Gasteiger partial charge in [-0.25, -0.2) is 4.98 Å². The van der Waals surface area contributed by atoms with E-state index in [1.54, 1.807) is 6.26 Å². The molecule has 0 N–H and O–H groups in total. The summed E-state index contributed by atoms with van der Waals surface area (Å²) in [5.41, 5.74) is 0.549. The first-order chi connectivity index (χ1) is 12.7. The van der Waals surface area contributed by atoms with E-state index in [-0.39, 0.29) is 5.56 Å². The number of hydrogen-bond donors (Lipinski definition) is 0. The number of furan rings is 1. The molecule has 0 aliphatic rings. The topological polar surface area (TPSA) is 91.1 Å². The summed E-state index contributed by atoms with van der Waals surface area (Å²) in [7, 11) is 1.88. The third kappa shape index (κ3) is 3.17. The van der Waals surface area contributed by atoms with Crippen molar-refractivity contribution in [3.05, 3.63) is 45.5 Å². The summed E-state index contributed by atoms with van der Waals surface area (Å²) in [6.45, 7) is 2.09. The van der Waals surface area contributed by atoms with Gasteiger partial charge in [0.15, 0.2) is 16.7 Å². The maximum Gasteiger partial charge on any atom is 0.275 e. The van der Waals surface area contributed by atoms with Crippen LogP contribution in [0.4, 0.5) is 0 Å². The van der Waals surface area contributed by atoms with Crippen molar-refractivity contribution in [2.24, 2.45) is 7.05 Å². The van der Waals surface area contributed by atoms with Crippen LogP contribution in [-0.2, 0) is 19.2 Å². The number of hydrogen-bond acceptors (Lipinski definition) is 8. The van der Waals surface area contributed by atoms with E-state index < -0.39 is 0 Å². The van der Waals surface area contributed by atoms with E-state index in [0.717, 1.165) is 23.0 Å². The smallest absolute Gasteiger partial charge is 0.275 e. The third-order valence-corrected chi connectivity index (χ3v) is 5.75. The molecular formula is C16H16N6O2S2. The summed E-state index contributed by atoms with van der Waals surface area (Å²) in [6, 6.07) is 5.18. The van der Waals surface area contributed by atoms with Crippen LogP contribution in [0.1, 0.15) is 24.0 Å². The lowest BCUT2D eigenvalue weighted by atomic mass is 10.4. The van der Waals surface area contributed by atoms with Gasteiger partial charge in [0.05, 0.1) is 12.0 Å². The molecule has 0 saturated carbocycles. The van der Waals surface area contributed by atoms with E-state index in [0.29, 0.717) is 28.0 Å². The zero-order chi connectivity index (χ0) is 18.1. The lowest BCUT2D eigenvalue weighted by Gasteiger charge is -2.02. The second-order valence-corrected chi connectivity index (χ2v) is 7.64. The highest BCUT2D eigenvalue weighted by Gasteiger charge is 2.14. The maximum atomic E-state index is 12.3. The Balaban J connectivity index is 1.56. The minimum atomic E-state index is -0.154. The summed E-state index contributed by atoms with van der Waals surface area (Å²) in [5, 5.41) is 14.3. The number of nitrogens with zero attached hydrogens (tertiary/aromatic N) is 6. The van der Waals surface area contributed by atoms with Crippen LogP contribution in [0.25, 0.3) is 16.5 Å². The third-order valence-electron chi connectivity index (χ3n) is 3.73. The fraction of sp³-hybridized carbons (Fsp3) is 0.312. The Labute approximate surface area is 156 Å². The zero-order valence-electron chi connectivity index (χ0n) is 14.2. The second-order valence-electron chi connectivity index (χ2n) is 5.66. The van der Waals surface area contributed by atoms with Crippen LogP contribution < -0.4 is 5.56 Å². The average Bonchev–Trinajstić information content (AvgIpc) is 3.33. The van der Waals surface area contributed by atoms with Crippen molar-refractivity contribution in [3.8, 4) is 11.6 Å². The number of fused-ring (bicyclic) bond motifs is 1. The lowest BCUT2D eigenvalue weighted by Crippen LogP contribution is -2.15. The summed E-state index contributed by atoms with van der Waals surface area (Å²) in [6.07, 6.45) is 3.44. The first-order valence-corrected chi connectivity index (χ1v) is 9.90. The van der Waals surface area contributed by atoms with Gasteiger partial charge < -0.3 is 8.98 Å². The first-order valence-electron chi connectivity index (χ1n) is 8.10. The molecule has 0 spiro atoms. The van der Waals surface area contributed by atoms with E-state index in [9.17, 15) is 4.79 Å². The van der Waals surface area contributed by atoms with Crippen molar-refractivity contribution in [3.63, 3.8) is 0 Å². The number of aryl methyl sites for hydroxylation is 1. The number of thioether (sulfide) groups is 1. The van der Waals surface area contributed by atoms with Gasteiger partial charge >= 0.3 is 0 Å². The Morgan fingerprint density at radius 3 is 3.00 bits per heavy atom. The molecule has 4 heterocycles. The molecule has 0 unspecified atom stereocenters. The Morgan fingerprint density at radius 2 is 2.23 bits per heavy atom. The highest BCUT2D eigenvalue weighted by atomic mass is 32.2. The summed E-state index contributed by atoms with van der Waals surface area (Å²) >= 11 is 2.94. The highest BCUT2D eigenvalue weighted by molar-refractivity contribution is 7.98. The van der Waals surface area contributed by atoms with E-state index in [1.165, 1.54) is 33.7 Å². The number of rotatable bonds is 6. The SMILES string of the molecule is CCCc1nn2c(=O)cc(CSc3nnc(-c4ccco4)n3C)nc2s1. The van der Waals surface area contributed by atoms with Crippen LogP contribution in [-0.4, -0.2) is 29.4 Å². The Morgan fingerprint density at radius 1 is 1.35 bits per heavy atom. The summed E-state index contributed by atoms with van der Waals surface area (Å²) in [4.78, 5) is 17.5. The average molecular weight is 388 g/mol. The normalized spacial score (nSPS) is 11.5. The van der Waals surface area contributed by atoms with Crippen LogP contribution >= 0.6 is 23.1 Å². The van der Waals surface area contributed by atoms with Crippen molar-refractivity contribution in [1.82, 2.24) is 29.4 Å². The second kappa shape index (κ2) is 7.04. The van der Waals surface area contributed by atoms with Crippen LogP contribution in [0.3, 0.4) is 0 Å². The first kappa shape index (κ1) is 17.0. The molecule has 0 atom stereocenters. The Bertz CT molecular complexity index is 1100. The standard InChI is InChI=1S/C16H16N6O2S2/c1-3-5-12-20-22-13(23)8-10(17-15(22)26-12)9-25-16-19-18-14(21(16)2)11-6-4-7-24-11/h4,6-8H,3,5,9H2,1-2H3. The van der Waals surface area contributed by atoms with Gasteiger partial charge in [-0.1, -0.05) is 30.0 Å². The summed E-state index contributed by atoms with van der Waals surface area (Å²) < 4.78 is 8.61. The zero-order valence-corrected chi connectivity index (χ0v) is 15.9. The van der Waals surface area contributed by atoms with Crippen molar-refractivity contribution in [1.29, 1.82) is 0 Å². The predicted octanol–water partition coefficient (Wildman–Crippen LogP) is 2.78. The quantitative estimate of drug-likeness (QED) is 0.469. The van der Waals surface area contributed by atoms with Gasteiger partial charge in [-0.05, 0) is 18.6 Å². The van der Waals surface area contributed by atoms with Gasteiger partial charge in [0.25, 0.3) is 5.56 Å². The molecule has 8 nitrogen and oxygen atoms in total. The Hall–Kier alpha value is -2.46. The molecule has 0 saturated heterocycles.